The van der Waals surface area contributed by atoms with Gasteiger partial charge in [0, 0.05) is 12.1 Å². The summed E-state index contributed by atoms with van der Waals surface area (Å²) in [7, 11) is -3.76. The van der Waals surface area contributed by atoms with E-state index in [4.69, 9.17) is 16.3 Å². The van der Waals surface area contributed by atoms with E-state index < -0.39 is 16.1 Å². The third kappa shape index (κ3) is 5.95. The average molecular weight is 437 g/mol. The van der Waals surface area contributed by atoms with Crippen LogP contribution in [-0.4, -0.2) is 27.0 Å². The van der Waals surface area contributed by atoms with Crippen molar-refractivity contribution in [3.63, 3.8) is 0 Å². The Kier molecular flexibility index (Phi) is 7.16. The zero-order chi connectivity index (χ0) is 20.9. The fourth-order valence-corrected chi connectivity index (χ4v) is 4.92. The van der Waals surface area contributed by atoms with Crippen LogP contribution < -0.4 is 14.8 Å². The van der Waals surface area contributed by atoms with Crippen LogP contribution in [0.4, 0.5) is 0 Å². The molecule has 2 N–H and O–H groups in total. The van der Waals surface area contributed by atoms with Gasteiger partial charge in [-0.15, -0.1) is 0 Å². The molecule has 0 aliphatic heterocycles. The highest BCUT2D eigenvalue weighted by Gasteiger charge is 2.21. The minimum Gasteiger partial charge on any atom is -0.482 e. The second-order valence-corrected chi connectivity index (χ2v) is 9.30. The first-order valence-corrected chi connectivity index (χ1v) is 11.5. The summed E-state index contributed by atoms with van der Waals surface area (Å²) in [4.78, 5) is 12.0. The van der Waals surface area contributed by atoms with Crippen molar-refractivity contribution in [1.82, 2.24) is 10.0 Å². The molecule has 156 valence electrons. The summed E-state index contributed by atoms with van der Waals surface area (Å²) < 4.78 is 33.4. The zero-order valence-electron chi connectivity index (χ0n) is 16.2. The standard InChI is InChI=1S/C21H25ClN2O4S/c1-15(16-7-3-2-4-8-16)24-29(26,27)18-11-12-20(19(22)13-18)28-14-21(25)23-17-9-5-6-10-17/h2-4,7-8,11-13,15,17,24H,5-6,9-10,14H2,1H3,(H,23,25)/t15-/m0/s1. The molecule has 1 saturated carbocycles. The number of nitrogens with one attached hydrogen (secondary N) is 2. The molecule has 29 heavy (non-hydrogen) atoms. The molecule has 1 aliphatic rings. The lowest BCUT2D eigenvalue weighted by atomic mass is 10.1. The maximum Gasteiger partial charge on any atom is 0.258 e. The van der Waals surface area contributed by atoms with E-state index in [9.17, 15) is 13.2 Å². The van der Waals surface area contributed by atoms with Crippen LogP contribution in [0.3, 0.4) is 0 Å². The molecule has 8 heteroatoms. The molecule has 0 unspecified atom stereocenters. The van der Waals surface area contributed by atoms with E-state index in [2.05, 4.69) is 10.0 Å². The fraction of sp³-hybridized carbons (Fsp3) is 0.381. The number of carbonyl (C=O) groups excluding carboxylic acids is 1. The van der Waals surface area contributed by atoms with Crippen molar-refractivity contribution < 1.29 is 17.9 Å². The normalized spacial score (nSPS) is 15.8. The van der Waals surface area contributed by atoms with Gasteiger partial charge in [-0.25, -0.2) is 13.1 Å². The van der Waals surface area contributed by atoms with E-state index in [1.165, 1.54) is 18.2 Å². The molecule has 0 spiro atoms. The summed E-state index contributed by atoms with van der Waals surface area (Å²) in [5.74, 6) is 0.0614. The Morgan fingerprint density at radius 1 is 1.17 bits per heavy atom. The third-order valence-electron chi connectivity index (χ3n) is 4.92. The van der Waals surface area contributed by atoms with Crippen LogP contribution in [0.15, 0.2) is 53.4 Å². The Morgan fingerprint density at radius 3 is 2.52 bits per heavy atom. The highest BCUT2D eigenvalue weighted by molar-refractivity contribution is 7.89. The van der Waals surface area contributed by atoms with E-state index in [1.807, 2.05) is 30.3 Å². The molecule has 2 aromatic carbocycles. The lowest BCUT2D eigenvalue weighted by Gasteiger charge is -2.16. The highest BCUT2D eigenvalue weighted by atomic mass is 35.5. The number of amides is 1. The molecule has 1 atom stereocenters. The summed E-state index contributed by atoms with van der Waals surface area (Å²) >= 11 is 6.19. The van der Waals surface area contributed by atoms with Crippen LogP contribution in [0.25, 0.3) is 0 Å². The summed E-state index contributed by atoms with van der Waals surface area (Å²) in [6, 6.07) is 13.3. The lowest BCUT2D eigenvalue weighted by Crippen LogP contribution is -2.36. The quantitative estimate of drug-likeness (QED) is 0.658. The second kappa shape index (κ2) is 9.61. The Bertz CT molecular complexity index is 944. The molecule has 0 saturated heterocycles. The number of hydrogen-bond donors (Lipinski definition) is 2. The number of benzene rings is 2. The van der Waals surface area contributed by atoms with E-state index >= 15 is 0 Å². The number of rotatable bonds is 8. The van der Waals surface area contributed by atoms with Gasteiger partial charge in [-0.3, -0.25) is 4.79 Å². The first-order valence-electron chi connectivity index (χ1n) is 9.64. The Morgan fingerprint density at radius 2 is 1.86 bits per heavy atom. The van der Waals surface area contributed by atoms with Crippen molar-refractivity contribution in [2.75, 3.05) is 6.61 Å². The highest BCUT2D eigenvalue weighted by Crippen LogP contribution is 2.28. The SMILES string of the molecule is C[C@H](NS(=O)(=O)c1ccc(OCC(=O)NC2CCCC2)c(Cl)c1)c1ccccc1. The molecule has 2 aromatic rings. The van der Waals surface area contributed by atoms with Crippen molar-refractivity contribution in [2.24, 2.45) is 0 Å². The van der Waals surface area contributed by atoms with Crippen LogP contribution in [0.2, 0.25) is 5.02 Å². The predicted octanol–water partition coefficient (Wildman–Crippen LogP) is 3.82. The predicted molar refractivity (Wildman–Crippen MR) is 113 cm³/mol. The molecule has 1 amide bonds. The van der Waals surface area contributed by atoms with Crippen LogP contribution in [0.5, 0.6) is 5.75 Å². The van der Waals surface area contributed by atoms with E-state index in [-0.39, 0.29) is 34.2 Å². The topological polar surface area (TPSA) is 84.5 Å². The number of halogens is 1. The van der Waals surface area contributed by atoms with E-state index in [1.54, 1.807) is 6.92 Å². The first kappa shape index (κ1) is 21.6. The first-order chi connectivity index (χ1) is 13.8. The van der Waals surface area contributed by atoms with Gasteiger partial charge in [0.15, 0.2) is 6.61 Å². The van der Waals surface area contributed by atoms with Crippen molar-refractivity contribution in [3.05, 3.63) is 59.1 Å². The molecule has 0 heterocycles. The largest absolute Gasteiger partial charge is 0.482 e. The van der Waals surface area contributed by atoms with E-state index in [0.29, 0.717) is 0 Å². The van der Waals surface area contributed by atoms with Crippen molar-refractivity contribution in [2.45, 2.75) is 49.6 Å². The van der Waals surface area contributed by atoms with Gasteiger partial charge in [0.05, 0.1) is 9.92 Å². The van der Waals surface area contributed by atoms with Gasteiger partial charge in [-0.2, -0.15) is 0 Å². The van der Waals surface area contributed by atoms with Crippen LogP contribution in [-0.2, 0) is 14.8 Å². The zero-order valence-corrected chi connectivity index (χ0v) is 17.8. The number of ether oxygens (including phenoxy) is 1. The number of carbonyl (C=O) groups is 1. The molecular formula is C21H25ClN2O4S. The van der Waals surface area contributed by atoms with Gasteiger partial charge in [0.2, 0.25) is 10.0 Å². The maximum absolute atomic E-state index is 12.7. The molecule has 1 fully saturated rings. The van der Waals surface area contributed by atoms with Crippen molar-refractivity contribution in [3.8, 4) is 5.75 Å². The second-order valence-electron chi connectivity index (χ2n) is 7.18. The molecular weight excluding hydrogens is 412 g/mol. The van der Waals surface area contributed by atoms with E-state index in [0.717, 1.165) is 31.2 Å². The summed E-state index contributed by atoms with van der Waals surface area (Å²) in [6.07, 6.45) is 4.25. The van der Waals surface area contributed by atoms with Crippen molar-refractivity contribution in [1.29, 1.82) is 0 Å². The smallest absolute Gasteiger partial charge is 0.258 e. The molecule has 0 bridgehead atoms. The number of hydrogen-bond acceptors (Lipinski definition) is 4. The van der Waals surface area contributed by atoms with Crippen LogP contribution >= 0.6 is 11.6 Å². The number of sulfonamides is 1. The molecule has 0 aromatic heterocycles. The average Bonchev–Trinajstić information content (AvgIpc) is 3.20. The minimum absolute atomic E-state index is 0.0352. The Labute approximate surface area is 176 Å². The Hall–Kier alpha value is -2.09. The van der Waals surface area contributed by atoms with Gasteiger partial charge in [-0.05, 0) is 43.5 Å². The fourth-order valence-electron chi connectivity index (χ4n) is 3.36. The van der Waals surface area contributed by atoms with Gasteiger partial charge in [0.25, 0.3) is 5.91 Å². The summed E-state index contributed by atoms with van der Waals surface area (Å²) in [5, 5.41) is 3.06. The molecule has 6 nitrogen and oxygen atoms in total. The van der Waals surface area contributed by atoms with Crippen LogP contribution in [0.1, 0.15) is 44.2 Å². The summed E-state index contributed by atoms with van der Waals surface area (Å²) in [6.45, 7) is 1.61. The molecule has 0 radical (unpaired) electrons. The van der Waals surface area contributed by atoms with Gasteiger partial charge >= 0.3 is 0 Å². The van der Waals surface area contributed by atoms with Crippen LogP contribution in [0, 0.1) is 0 Å². The third-order valence-corrected chi connectivity index (χ3v) is 6.76. The maximum atomic E-state index is 12.7. The Balaban J connectivity index is 1.61. The molecule has 3 rings (SSSR count). The minimum atomic E-state index is -3.76. The van der Waals surface area contributed by atoms with Crippen molar-refractivity contribution >= 4 is 27.5 Å². The van der Waals surface area contributed by atoms with Gasteiger partial charge in [0.1, 0.15) is 5.75 Å². The van der Waals surface area contributed by atoms with Gasteiger partial charge < -0.3 is 10.1 Å². The lowest BCUT2D eigenvalue weighted by molar-refractivity contribution is -0.123. The summed E-state index contributed by atoms with van der Waals surface area (Å²) in [5.41, 5.74) is 0.857. The molecule has 1 aliphatic carbocycles. The monoisotopic (exact) mass is 436 g/mol. The van der Waals surface area contributed by atoms with Gasteiger partial charge in [-0.1, -0.05) is 54.8 Å².